The molecule has 0 saturated carbocycles. The first-order valence-corrected chi connectivity index (χ1v) is 7.95. The van der Waals surface area contributed by atoms with E-state index in [0.717, 1.165) is 0 Å². The summed E-state index contributed by atoms with van der Waals surface area (Å²) >= 11 is 0. The molecule has 1 amide bonds. The topological polar surface area (TPSA) is 78.5 Å². The fourth-order valence-electron chi connectivity index (χ4n) is 2.24. The number of carbonyl (C=O) groups is 1. The van der Waals surface area contributed by atoms with Crippen LogP contribution >= 0.6 is 12.4 Å². The van der Waals surface area contributed by atoms with Crippen molar-refractivity contribution in [3.05, 3.63) is 29.8 Å². The Hall–Kier alpha value is -1.15. The van der Waals surface area contributed by atoms with Crippen molar-refractivity contribution in [3.63, 3.8) is 0 Å². The molecule has 0 unspecified atom stereocenters. The summed E-state index contributed by atoms with van der Waals surface area (Å²) in [5, 5.41) is 5.66. The Bertz CT molecular complexity index is 589. The molecular formula is C13H20ClN3O3S. The van der Waals surface area contributed by atoms with Gasteiger partial charge in [-0.25, -0.2) is 8.42 Å². The lowest BCUT2D eigenvalue weighted by Gasteiger charge is -2.32. The average molecular weight is 334 g/mol. The van der Waals surface area contributed by atoms with Crippen molar-refractivity contribution in [3.8, 4) is 0 Å². The molecule has 0 radical (unpaired) electrons. The zero-order valence-corrected chi connectivity index (χ0v) is 13.6. The number of nitrogens with zero attached hydrogens (tertiary/aromatic N) is 1. The van der Waals surface area contributed by atoms with Crippen LogP contribution in [0, 0.1) is 0 Å². The molecule has 0 aromatic heterocycles. The molecule has 118 valence electrons. The van der Waals surface area contributed by atoms with Crippen molar-refractivity contribution in [2.24, 2.45) is 0 Å². The molecule has 0 bridgehead atoms. The van der Waals surface area contributed by atoms with Gasteiger partial charge in [-0.15, -0.1) is 12.4 Å². The first-order chi connectivity index (χ1) is 9.46. The SMILES string of the molecule is CNC(=O)c1ccc(S(=O)(=O)N2CCNC[C@@H]2C)cc1.Cl. The van der Waals surface area contributed by atoms with Crippen LogP contribution in [0.2, 0.25) is 0 Å². The smallest absolute Gasteiger partial charge is 0.251 e. The number of benzene rings is 1. The van der Waals surface area contributed by atoms with Crippen molar-refractivity contribution in [1.29, 1.82) is 0 Å². The second kappa shape index (κ2) is 7.22. The summed E-state index contributed by atoms with van der Waals surface area (Å²) in [6.45, 7) is 3.64. The fraction of sp³-hybridized carbons (Fsp3) is 0.462. The molecule has 1 atom stereocenters. The van der Waals surface area contributed by atoms with Gasteiger partial charge in [-0.3, -0.25) is 4.79 Å². The third-order valence-electron chi connectivity index (χ3n) is 3.39. The van der Waals surface area contributed by atoms with Gasteiger partial charge in [0.2, 0.25) is 10.0 Å². The van der Waals surface area contributed by atoms with E-state index in [1.54, 1.807) is 0 Å². The Labute approximate surface area is 131 Å². The Morgan fingerprint density at radius 1 is 1.33 bits per heavy atom. The van der Waals surface area contributed by atoms with Gasteiger partial charge in [0.1, 0.15) is 0 Å². The minimum Gasteiger partial charge on any atom is -0.355 e. The molecule has 0 spiro atoms. The molecule has 0 aliphatic carbocycles. The molecule has 6 nitrogen and oxygen atoms in total. The summed E-state index contributed by atoms with van der Waals surface area (Å²) in [6, 6.07) is 5.94. The van der Waals surface area contributed by atoms with Gasteiger partial charge in [0.15, 0.2) is 0 Å². The molecule has 2 rings (SSSR count). The first-order valence-electron chi connectivity index (χ1n) is 6.51. The van der Waals surface area contributed by atoms with Crippen LogP contribution < -0.4 is 10.6 Å². The highest BCUT2D eigenvalue weighted by Gasteiger charge is 2.30. The Balaban J connectivity index is 0.00000220. The molecule has 1 aromatic carbocycles. The zero-order valence-electron chi connectivity index (χ0n) is 12.0. The number of sulfonamides is 1. The lowest BCUT2D eigenvalue weighted by Crippen LogP contribution is -2.52. The van der Waals surface area contributed by atoms with Crippen molar-refractivity contribution >= 4 is 28.3 Å². The van der Waals surface area contributed by atoms with Gasteiger partial charge in [0.05, 0.1) is 4.90 Å². The first kappa shape index (κ1) is 17.9. The highest BCUT2D eigenvalue weighted by atomic mass is 35.5. The predicted octanol–water partition coefficient (Wildman–Crippen LogP) is 0.450. The molecule has 1 heterocycles. The maximum Gasteiger partial charge on any atom is 0.251 e. The van der Waals surface area contributed by atoms with Gasteiger partial charge < -0.3 is 10.6 Å². The molecule has 1 saturated heterocycles. The third kappa shape index (κ3) is 3.74. The van der Waals surface area contributed by atoms with Crippen molar-refractivity contribution in [2.75, 3.05) is 26.7 Å². The quantitative estimate of drug-likeness (QED) is 0.842. The summed E-state index contributed by atoms with van der Waals surface area (Å²) in [7, 11) is -1.96. The number of amides is 1. The lowest BCUT2D eigenvalue weighted by atomic mass is 10.2. The highest BCUT2D eigenvalue weighted by Crippen LogP contribution is 2.19. The van der Waals surface area contributed by atoms with E-state index in [-0.39, 0.29) is 29.3 Å². The van der Waals surface area contributed by atoms with E-state index in [9.17, 15) is 13.2 Å². The van der Waals surface area contributed by atoms with Gasteiger partial charge in [0, 0.05) is 38.3 Å². The van der Waals surface area contributed by atoms with E-state index in [4.69, 9.17) is 0 Å². The summed E-state index contributed by atoms with van der Waals surface area (Å²) in [5.41, 5.74) is 0.444. The number of hydrogen-bond acceptors (Lipinski definition) is 4. The molecule has 8 heteroatoms. The van der Waals surface area contributed by atoms with Crippen LogP contribution in [0.3, 0.4) is 0 Å². The van der Waals surface area contributed by atoms with E-state index < -0.39 is 10.0 Å². The molecular weight excluding hydrogens is 314 g/mol. The summed E-state index contributed by atoms with van der Waals surface area (Å²) in [6.07, 6.45) is 0. The van der Waals surface area contributed by atoms with Crippen LogP contribution in [0.4, 0.5) is 0 Å². The Morgan fingerprint density at radius 2 is 1.95 bits per heavy atom. The minimum atomic E-state index is -3.50. The Kier molecular flexibility index (Phi) is 6.15. The number of piperazine rings is 1. The third-order valence-corrected chi connectivity index (χ3v) is 5.42. The van der Waals surface area contributed by atoms with Crippen LogP contribution in [-0.2, 0) is 10.0 Å². The lowest BCUT2D eigenvalue weighted by molar-refractivity contribution is 0.0963. The largest absolute Gasteiger partial charge is 0.355 e. The Morgan fingerprint density at radius 3 is 2.48 bits per heavy atom. The van der Waals surface area contributed by atoms with Crippen LogP contribution in [0.25, 0.3) is 0 Å². The van der Waals surface area contributed by atoms with E-state index in [2.05, 4.69) is 10.6 Å². The molecule has 1 aromatic rings. The van der Waals surface area contributed by atoms with Gasteiger partial charge in [-0.2, -0.15) is 4.31 Å². The summed E-state index contributed by atoms with van der Waals surface area (Å²) in [4.78, 5) is 11.7. The molecule has 1 aliphatic heterocycles. The van der Waals surface area contributed by atoms with E-state index >= 15 is 0 Å². The van der Waals surface area contributed by atoms with E-state index in [1.165, 1.54) is 35.6 Å². The average Bonchev–Trinajstić information content (AvgIpc) is 2.47. The number of carbonyl (C=O) groups excluding carboxylic acids is 1. The van der Waals surface area contributed by atoms with E-state index in [0.29, 0.717) is 25.2 Å². The molecule has 1 fully saturated rings. The van der Waals surface area contributed by atoms with Crippen molar-refractivity contribution in [1.82, 2.24) is 14.9 Å². The van der Waals surface area contributed by atoms with Gasteiger partial charge in [0.25, 0.3) is 5.91 Å². The van der Waals surface area contributed by atoms with Crippen molar-refractivity contribution < 1.29 is 13.2 Å². The van der Waals surface area contributed by atoms with Crippen LogP contribution in [-0.4, -0.2) is 51.4 Å². The predicted molar refractivity (Wildman–Crippen MR) is 83.3 cm³/mol. The van der Waals surface area contributed by atoms with Crippen molar-refractivity contribution in [2.45, 2.75) is 17.9 Å². The maximum atomic E-state index is 12.5. The van der Waals surface area contributed by atoms with Gasteiger partial charge in [-0.1, -0.05) is 0 Å². The number of rotatable bonds is 3. The summed E-state index contributed by atoms with van der Waals surface area (Å²) in [5.74, 6) is -0.232. The van der Waals surface area contributed by atoms with Gasteiger partial charge in [-0.05, 0) is 31.2 Å². The van der Waals surface area contributed by atoms with E-state index in [1.807, 2.05) is 6.92 Å². The standard InChI is InChI=1S/C13H19N3O3S.ClH/c1-10-9-15-7-8-16(10)20(18,19)12-5-3-11(4-6-12)13(17)14-2;/h3-6,10,15H,7-9H2,1-2H3,(H,14,17);1H/t10-;/m0./s1. The number of hydrogen-bond donors (Lipinski definition) is 2. The minimum absolute atomic E-state index is 0. The second-order valence-electron chi connectivity index (χ2n) is 4.77. The maximum absolute atomic E-state index is 12.5. The highest BCUT2D eigenvalue weighted by molar-refractivity contribution is 7.89. The monoisotopic (exact) mass is 333 g/mol. The van der Waals surface area contributed by atoms with Crippen LogP contribution in [0.15, 0.2) is 29.2 Å². The molecule has 1 aliphatic rings. The fourth-order valence-corrected chi connectivity index (χ4v) is 3.87. The van der Waals surface area contributed by atoms with Crippen LogP contribution in [0.1, 0.15) is 17.3 Å². The second-order valence-corrected chi connectivity index (χ2v) is 6.66. The number of nitrogens with one attached hydrogen (secondary N) is 2. The van der Waals surface area contributed by atoms with Crippen LogP contribution in [0.5, 0.6) is 0 Å². The number of halogens is 1. The normalized spacial score (nSPS) is 19.6. The zero-order chi connectivity index (χ0) is 14.8. The van der Waals surface area contributed by atoms with Gasteiger partial charge >= 0.3 is 0 Å². The molecule has 21 heavy (non-hydrogen) atoms. The molecule has 2 N–H and O–H groups in total. The summed E-state index contributed by atoms with van der Waals surface area (Å²) < 4.78 is 26.6.